The molecule has 2 N–H and O–H groups in total. The summed E-state index contributed by atoms with van der Waals surface area (Å²) in [7, 11) is 0. The summed E-state index contributed by atoms with van der Waals surface area (Å²) in [6.45, 7) is 0.278. The number of fused-ring (bicyclic) bond motifs is 1. The first-order valence-electron chi connectivity index (χ1n) is 8.12. The molecule has 6 nitrogen and oxygen atoms in total. The third kappa shape index (κ3) is 1.84. The quantitative estimate of drug-likeness (QED) is 0.550. The number of hydrogen-bond acceptors (Lipinski definition) is 6. The van der Waals surface area contributed by atoms with Crippen LogP contribution in [0.1, 0.15) is 44.9 Å². The minimum atomic E-state index is -1.88. The molecule has 2 heterocycles. The van der Waals surface area contributed by atoms with Crippen molar-refractivity contribution in [1.82, 2.24) is 0 Å². The molecule has 4 atom stereocenters. The van der Waals surface area contributed by atoms with Crippen LogP contribution in [0.4, 0.5) is 0 Å². The van der Waals surface area contributed by atoms with Crippen LogP contribution < -0.4 is 0 Å². The van der Waals surface area contributed by atoms with Crippen molar-refractivity contribution in [2.45, 2.75) is 74.1 Å². The summed E-state index contributed by atoms with van der Waals surface area (Å²) in [5, 5.41) is 21.6. The number of hydrogen-bond donors (Lipinski definition) is 2. The van der Waals surface area contributed by atoms with Gasteiger partial charge in [-0.3, -0.25) is 0 Å². The lowest BCUT2D eigenvalue weighted by Gasteiger charge is -2.39. The molecule has 0 radical (unpaired) electrons. The van der Waals surface area contributed by atoms with Crippen molar-refractivity contribution in [3.8, 4) is 0 Å². The van der Waals surface area contributed by atoms with Gasteiger partial charge in [0.25, 0.3) is 0 Å². The van der Waals surface area contributed by atoms with Gasteiger partial charge in [-0.2, -0.15) is 0 Å². The molecule has 0 aromatic heterocycles. The summed E-state index contributed by atoms with van der Waals surface area (Å²) in [4.78, 5) is 12.1. The Kier molecular flexibility index (Phi) is 3.17. The van der Waals surface area contributed by atoms with E-state index >= 15 is 0 Å². The van der Waals surface area contributed by atoms with Crippen LogP contribution in [-0.4, -0.2) is 52.0 Å². The van der Waals surface area contributed by atoms with Crippen molar-refractivity contribution < 1.29 is 29.2 Å². The number of ether oxygens (including phenoxy) is 3. The van der Waals surface area contributed by atoms with E-state index in [1.54, 1.807) is 12.2 Å². The summed E-state index contributed by atoms with van der Waals surface area (Å²) >= 11 is 0. The van der Waals surface area contributed by atoms with Gasteiger partial charge in [0, 0.05) is 25.7 Å². The number of rotatable bonds is 1. The Balaban J connectivity index is 1.58. The summed E-state index contributed by atoms with van der Waals surface area (Å²) in [5.41, 5.74) is -3.52. The average Bonchev–Trinajstić information content (AvgIpc) is 2.99. The van der Waals surface area contributed by atoms with Gasteiger partial charge < -0.3 is 24.4 Å². The SMILES string of the molecule is O=C1O[C@H]([C@@H]2COC3(CCCCC3)O2)[C@@]2(O)CC=CC[C@]12O. The number of carbonyl (C=O) groups is 1. The second-order valence-electron chi connectivity index (χ2n) is 6.93. The second-order valence-corrected chi connectivity index (χ2v) is 6.93. The average molecular weight is 310 g/mol. The number of cyclic esters (lactones) is 1. The highest BCUT2D eigenvalue weighted by molar-refractivity contribution is 5.85. The molecule has 122 valence electrons. The van der Waals surface area contributed by atoms with Crippen LogP contribution in [0.5, 0.6) is 0 Å². The number of carbonyl (C=O) groups excluding carboxylic acids is 1. The molecule has 0 aromatic carbocycles. The molecule has 1 spiro atoms. The van der Waals surface area contributed by atoms with Crippen molar-refractivity contribution in [2.24, 2.45) is 0 Å². The lowest BCUT2D eigenvalue weighted by molar-refractivity contribution is -0.210. The second kappa shape index (κ2) is 4.77. The Labute approximate surface area is 129 Å². The van der Waals surface area contributed by atoms with E-state index in [1.807, 2.05) is 0 Å². The standard InChI is InChI=1S/C16H22O6/c17-13-16(19)9-5-4-8-15(16,18)12(21-13)11-10-20-14(22-11)6-2-1-3-7-14/h4-5,11-12,18-19H,1-3,6-10H2/t11-,12+,15-,16-/m0/s1. The lowest BCUT2D eigenvalue weighted by atomic mass is 9.72. The molecular weight excluding hydrogens is 288 g/mol. The van der Waals surface area contributed by atoms with Crippen molar-refractivity contribution in [1.29, 1.82) is 0 Å². The zero-order valence-electron chi connectivity index (χ0n) is 12.5. The van der Waals surface area contributed by atoms with E-state index in [-0.39, 0.29) is 19.4 Å². The summed E-state index contributed by atoms with van der Waals surface area (Å²) in [6, 6.07) is 0. The monoisotopic (exact) mass is 310 g/mol. The van der Waals surface area contributed by atoms with Gasteiger partial charge >= 0.3 is 5.97 Å². The predicted molar refractivity (Wildman–Crippen MR) is 74.8 cm³/mol. The summed E-state index contributed by atoms with van der Waals surface area (Å²) in [6.07, 6.45) is 7.21. The molecule has 1 saturated carbocycles. The van der Waals surface area contributed by atoms with E-state index in [2.05, 4.69) is 0 Å². The van der Waals surface area contributed by atoms with Gasteiger partial charge in [-0.1, -0.05) is 18.6 Å². The molecule has 4 rings (SSSR count). The van der Waals surface area contributed by atoms with Gasteiger partial charge in [0.05, 0.1) is 6.61 Å². The Bertz CT molecular complexity index is 511. The molecule has 2 aliphatic heterocycles. The van der Waals surface area contributed by atoms with Gasteiger partial charge in [-0.05, 0) is 12.8 Å². The first kappa shape index (κ1) is 14.6. The van der Waals surface area contributed by atoms with Crippen LogP contribution in [0.3, 0.4) is 0 Å². The number of aliphatic hydroxyl groups is 2. The van der Waals surface area contributed by atoms with Crippen molar-refractivity contribution in [3.63, 3.8) is 0 Å². The van der Waals surface area contributed by atoms with E-state index < -0.39 is 35.2 Å². The summed E-state index contributed by atoms with van der Waals surface area (Å²) in [5.74, 6) is -1.37. The first-order valence-corrected chi connectivity index (χ1v) is 8.12. The third-order valence-electron chi connectivity index (χ3n) is 5.60. The molecule has 4 aliphatic rings. The fourth-order valence-electron chi connectivity index (χ4n) is 4.25. The van der Waals surface area contributed by atoms with Crippen LogP contribution in [0.2, 0.25) is 0 Å². The van der Waals surface area contributed by atoms with Crippen LogP contribution in [0.25, 0.3) is 0 Å². The zero-order valence-corrected chi connectivity index (χ0v) is 12.5. The fraction of sp³-hybridized carbons (Fsp3) is 0.812. The van der Waals surface area contributed by atoms with Crippen molar-refractivity contribution in [3.05, 3.63) is 12.2 Å². The Morgan fingerprint density at radius 3 is 2.59 bits per heavy atom. The lowest BCUT2D eigenvalue weighted by Crippen LogP contribution is -2.61. The molecule has 2 aliphatic carbocycles. The maximum absolute atomic E-state index is 12.1. The van der Waals surface area contributed by atoms with Crippen molar-refractivity contribution in [2.75, 3.05) is 6.61 Å². The molecule has 0 bridgehead atoms. The predicted octanol–water partition coefficient (Wildman–Crippen LogP) is 0.800. The Hall–Kier alpha value is -0.950. The molecule has 2 saturated heterocycles. The molecule has 0 aromatic rings. The van der Waals surface area contributed by atoms with Crippen molar-refractivity contribution >= 4 is 5.97 Å². The van der Waals surface area contributed by atoms with E-state index in [0.717, 1.165) is 25.7 Å². The third-order valence-corrected chi connectivity index (χ3v) is 5.60. The Morgan fingerprint density at radius 1 is 1.09 bits per heavy atom. The van der Waals surface area contributed by atoms with Gasteiger partial charge in [0.1, 0.15) is 11.7 Å². The normalized spacial score (nSPS) is 46.7. The Morgan fingerprint density at radius 2 is 1.82 bits per heavy atom. The molecule has 0 amide bonds. The van der Waals surface area contributed by atoms with Crippen LogP contribution in [-0.2, 0) is 19.0 Å². The smallest absolute Gasteiger partial charge is 0.342 e. The maximum atomic E-state index is 12.1. The van der Waals surface area contributed by atoms with Crippen LogP contribution >= 0.6 is 0 Å². The molecular formula is C16H22O6. The van der Waals surface area contributed by atoms with Crippen LogP contribution in [0.15, 0.2) is 12.2 Å². The van der Waals surface area contributed by atoms with E-state index in [1.165, 1.54) is 6.42 Å². The van der Waals surface area contributed by atoms with Gasteiger partial charge in [0.2, 0.25) is 0 Å². The highest BCUT2D eigenvalue weighted by Crippen LogP contribution is 2.48. The molecule has 3 fully saturated rings. The molecule has 0 unspecified atom stereocenters. The molecule has 6 heteroatoms. The van der Waals surface area contributed by atoms with E-state index in [4.69, 9.17) is 14.2 Å². The minimum absolute atomic E-state index is 0.0670. The zero-order chi connectivity index (χ0) is 15.4. The number of esters is 1. The van der Waals surface area contributed by atoms with E-state index in [0.29, 0.717) is 0 Å². The first-order chi connectivity index (χ1) is 10.5. The van der Waals surface area contributed by atoms with Gasteiger partial charge in [-0.15, -0.1) is 0 Å². The topological polar surface area (TPSA) is 85.2 Å². The minimum Gasteiger partial charge on any atom is -0.454 e. The molecule has 22 heavy (non-hydrogen) atoms. The van der Waals surface area contributed by atoms with E-state index in [9.17, 15) is 15.0 Å². The largest absolute Gasteiger partial charge is 0.454 e. The highest BCUT2D eigenvalue weighted by atomic mass is 16.8. The van der Waals surface area contributed by atoms with Crippen LogP contribution in [0, 0.1) is 0 Å². The highest BCUT2D eigenvalue weighted by Gasteiger charge is 2.69. The fourth-order valence-corrected chi connectivity index (χ4v) is 4.25. The van der Waals surface area contributed by atoms with Gasteiger partial charge in [0.15, 0.2) is 17.5 Å². The maximum Gasteiger partial charge on any atom is 0.342 e. The summed E-state index contributed by atoms with van der Waals surface area (Å²) < 4.78 is 17.3. The van der Waals surface area contributed by atoms with Gasteiger partial charge in [-0.25, -0.2) is 4.79 Å².